The van der Waals surface area contributed by atoms with Crippen LogP contribution in [0.1, 0.15) is 5.56 Å². The molecule has 10 aromatic rings. The van der Waals surface area contributed by atoms with Crippen LogP contribution in [0.15, 0.2) is 144 Å². The van der Waals surface area contributed by atoms with E-state index < -0.39 is 0 Å². The van der Waals surface area contributed by atoms with Gasteiger partial charge in [0.05, 0.1) is 45.8 Å². The second-order valence-corrected chi connectivity index (χ2v) is 12.3. The third-order valence-corrected chi connectivity index (χ3v) is 9.55. The van der Waals surface area contributed by atoms with Crippen molar-refractivity contribution in [2.75, 3.05) is 0 Å². The number of para-hydroxylation sites is 2. The molecular formula is C43H23N5O. The summed E-state index contributed by atoms with van der Waals surface area (Å²) in [7, 11) is 0. The number of pyridine rings is 1. The Bertz CT molecular complexity index is 3090. The van der Waals surface area contributed by atoms with Crippen LogP contribution in [0.5, 0.6) is 0 Å². The standard InChI is InChI=1S/C43H23N5O/c1-45-29-19-28(21-31(22-29)48-37-12-4-2-10-32(37)34-18-26(25-44)15-16-38(34)48)27-8-6-9-30(20-27)47-39-13-7-17-46-43(39)36-23-35-33-11-3-5-14-41(33)49-42(35)24-40(36)47/h2-24H. The number of fused-ring (bicyclic) bond motifs is 9. The molecule has 0 amide bonds. The molecule has 10 rings (SSSR count). The zero-order valence-corrected chi connectivity index (χ0v) is 25.9. The largest absolute Gasteiger partial charge is 0.456 e. The van der Waals surface area contributed by atoms with Gasteiger partial charge in [0, 0.05) is 50.6 Å². The number of nitrogens with zero attached hydrogens (tertiary/aromatic N) is 5. The molecule has 0 aliphatic rings. The van der Waals surface area contributed by atoms with E-state index in [4.69, 9.17) is 16.0 Å². The second-order valence-electron chi connectivity index (χ2n) is 12.3. The maximum Gasteiger partial charge on any atom is 0.189 e. The molecular weight excluding hydrogens is 603 g/mol. The van der Waals surface area contributed by atoms with Gasteiger partial charge in [-0.1, -0.05) is 48.5 Å². The quantitative estimate of drug-likeness (QED) is 0.184. The van der Waals surface area contributed by atoms with Gasteiger partial charge >= 0.3 is 0 Å². The van der Waals surface area contributed by atoms with Gasteiger partial charge in [0.1, 0.15) is 11.2 Å². The number of aromatic nitrogens is 3. The fourth-order valence-corrected chi connectivity index (χ4v) is 7.43. The number of benzene rings is 6. The van der Waals surface area contributed by atoms with Crippen LogP contribution in [0.4, 0.5) is 5.69 Å². The maximum atomic E-state index is 9.61. The molecule has 6 aromatic carbocycles. The third kappa shape index (κ3) is 3.96. The van der Waals surface area contributed by atoms with E-state index in [0.717, 1.165) is 88.2 Å². The van der Waals surface area contributed by atoms with E-state index in [1.807, 2.05) is 72.9 Å². The van der Waals surface area contributed by atoms with Crippen molar-refractivity contribution in [2.45, 2.75) is 0 Å². The minimum Gasteiger partial charge on any atom is -0.456 e. The summed E-state index contributed by atoms with van der Waals surface area (Å²) < 4.78 is 10.7. The molecule has 0 saturated heterocycles. The molecule has 0 atom stereocenters. The van der Waals surface area contributed by atoms with Crippen molar-refractivity contribution in [3.8, 4) is 28.6 Å². The molecule has 0 bridgehead atoms. The molecule has 0 spiro atoms. The Morgan fingerprint density at radius 2 is 1.37 bits per heavy atom. The van der Waals surface area contributed by atoms with Gasteiger partial charge in [-0.05, 0) is 90.0 Å². The van der Waals surface area contributed by atoms with E-state index in [0.29, 0.717) is 11.3 Å². The van der Waals surface area contributed by atoms with Gasteiger partial charge in [-0.2, -0.15) is 5.26 Å². The summed E-state index contributed by atoms with van der Waals surface area (Å²) in [5.74, 6) is 0. The average molecular weight is 626 g/mol. The monoisotopic (exact) mass is 625 g/mol. The lowest BCUT2D eigenvalue weighted by Crippen LogP contribution is -1.96. The molecule has 4 aromatic heterocycles. The molecule has 49 heavy (non-hydrogen) atoms. The predicted octanol–water partition coefficient (Wildman–Crippen LogP) is 11.3. The van der Waals surface area contributed by atoms with Gasteiger partial charge in [0.2, 0.25) is 0 Å². The molecule has 0 radical (unpaired) electrons. The summed E-state index contributed by atoms with van der Waals surface area (Å²) in [6.07, 6.45) is 1.84. The van der Waals surface area contributed by atoms with Crippen molar-refractivity contribution in [3.63, 3.8) is 0 Å². The molecule has 0 aliphatic carbocycles. The molecule has 6 nitrogen and oxygen atoms in total. The first kappa shape index (κ1) is 27.0. The Morgan fingerprint density at radius 1 is 0.571 bits per heavy atom. The first-order valence-corrected chi connectivity index (χ1v) is 16.0. The van der Waals surface area contributed by atoms with Crippen LogP contribution in [0.3, 0.4) is 0 Å². The molecule has 6 heteroatoms. The molecule has 0 aliphatic heterocycles. The molecule has 0 N–H and O–H groups in total. The minimum absolute atomic E-state index is 0.547. The first-order chi connectivity index (χ1) is 24.2. The van der Waals surface area contributed by atoms with Crippen molar-refractivity contribution in [3.05, 3.63) is 157 Å². The fourth-order valence-electron chi connectivity index (χ4n) is 7.43. The lowest BCUT2D eigenvalue weighted by Gasteiger charge is -2.13. The predicted molar refractivity (Wildman–Crippen MR) is 197 cm³/mol. The lowest BCUT2D eigenvalue weighted by atomic mass is 10.0. The Balaban J connectivity index is 1.19. The molecule has 0 fully saturated rings. The van der Waals surface area contributed by atoms with Crippen LogP contribution >= 0.6 is 0 Å². The highest BCUT2D eigenvalue weighted by molar-refractivity contribution is 6.16. The van der Waals surface area contributed by atoms with Crippen LogP contribution in [0.25, 0.3) is 93.0 Å². The van der Waals surface area contributed by atoms with E-state index in [2.05, 4.69) is 86.8 Å². The Labute approximate surface area is 279 Å². The fraction of sp³-hybridized carbons (Fsp3) is 0. The first-order valence-electron chi connectivity index (χ1n) is 16.0. The normalized spacial score (nSPS) is 11.6. The summed E-state index contributed by atoms with van der Waals surface area (Å²) in [5.41, 5.74) is 11.6. The van der Waals surface area contributed by atoms with E-state index in [1.165, 1.54) is 0 Å². The molecule has 4 heterocycles. The second kappa shape index (κ2) is 10.2. The number of hydrogen-bond donors (Lipinski definition) is 0. The maximum absolute atomic E-state index is 9.61. The zero-order chi connectivity index (χ0) is 32.6. The highest BCUT2D eigenvalue weighted by Gasteiger charge is 2.18. The average Bonchev–Trinajstić information content (AvgIpc) is 3.80. The lowest BCUT2D eigenvalue weighted by molar-refractivity contribution is 0.669. The smallest absolute Gasteiger partial charge is 0.189 e. The minimum atomic E-state index is 0.547. The van der Waals surface area contributed by atoms with Crippen molar-refractivity contribution >= 4 is 71.4 Å². The van der Waals surface area contributed by atoms with Gasteiger partial charge in [0.15, 0.2) is 5.69 Å². The van der Waals surface area contributed by atoms with Crippen LogP contribution < -0.4 is 0 Å². The van der Waals surface area contributed by atoms with E-state index in [-0.39, 0.29) is 0 Å². The van der Waals surface area contributed by atoms with Gasteiger partial charge in [-0.3, -0.25) is 4.98 Å². The summed E-state index contributed by atoms with van der Waals surface area (Å²) in [5, 5.41) is 14.9. The van der Waals surface area contributed by atoms with E-state index in [1.54, 1.807) is 0 Å². The van der Waals surface area contributed by atoms with Crippen LogP contribution in [0, 0.1) is 17.9 Å². The van der Waals surface area contributed by atoms with Gasteiger partial charge in [0.25, 0.3) is 0 Å². The summed E-state index contributed by atoms with van der Waals surface area (Å²) in [6.45, 7) is 8.01. The summed E-state index contributed by atoms with van der Waals surface area (Å²) in [6, 6.07) is 47.2. The van der Waals surface area contributed by atoms with Crippen LogP contribution in [-0.4, -0.2) is 14.1 Å². The van der Waals surface area contributed by atoms with Crippen molar-refractivity contribution < 1.29 is 4.42 Å². The van der Waals surface area contributed by atoms with Gasteiger partial charge in [-0.25, -0.2) is 4.85 Å². The van der Waals surface area contributed by atoms with E-state index in [9.17, 15) is 5.26 Å². The van der Waals surface area contributed by atoms with Gasteiger partial charge in [-0.15, -0.1) is 0 Å². The molecule has 226 valence electrons. The Hall–Kier alpha value is -7.15. The van der Waals surface area contributed by atoms with Crippen LogP contribution in [0.2, 0.25) is 0 Å². The van der Waals surface area contributed by atoms with Crippen LogP contribution in [-0.2, 0) is 0 Å². The highest BCUT2D eigenvalue weighted by atomic mass is 16.3. The number of furan rings is 1. The Kier molecular flexibility index (Phi) is 5.61. The van der Waals surface area contributed by atoms with Crippen molar-refractivity contribution in [2.24, 2.45) is 0 Å². The summed E-state index contributed by atoms with van der Waals surface area (Å²) >= 11 is 0. The number of hydrogen-bond acceptors (Lipinski definition) is 3. The van der Waals surface area contributed by atoms with Crippen molar-refractivity contribution in [1.29, 1.82) is 5.26 Å². The SMILES string of the molecule is [C-]#[N+]c1cc(-c2cccc(-n3c4cc5oc6ccccc6c5cc4c4ncccc43)c2)cc(-n2c3ccccc3c3cc(C#N)ccc32)c1. The number of nitriles is 1. The zero-order valence-electron chi connectivity index (χ0n) is 25.9. The Morgan fingerprint density at radius 3 is 2.27 bits per heavy atom. The van der Waals surface area contributed by atoms with Crippen molar-refractivity contribution in [1.82, 2.24) is 14.1 Å². The third-order valence-electron chi connectivity index (χ3n) is 9.55. The number of rotatable bonds is 3. The van der Waals surface area contributed by atoms with E-state index >= 15 is 0 Å². The topological polar surface area (TPSA) is 64.0 Å². The molecule has 0 unspecified atom stereocenters. The summed E-state index contributed by atoms with van der Waals surface area (Å²) in [4.78, 5) is 8.71. The van der Waals surface area contributed by atoms with Gasteiger partial charge < -0.3 is 13.6 Å². The molecule has 0 saturated carbocycles. The highest BCUT2D eigenvalue weighted by Crippen LogP contribution is 2.39.